The Morgan fingerprint density at radius 3 is 2.40 bits per heavy atom. The van der Waals surface area contributed by atoms with Gasteiger partial charge in [0.1, 0.15) is 0 Å². The molecule has 0 rings (SSSR count). The fourth-order valence-electron chi connectivity index (χ4n) is 1.36. The van der Waals surface area contributed by atoms with Crippen molar-refractivity contribution < 1.29 is 9.84 Å². The predicted octanol–water partition coefficient (Wildman–Crippen LogP) is 1.80. The third-order valence-electron chi connectivity index (χ3n) is 2.20. The Morgan fingerprint density at radius 2 is 1.87 bits per heavy atom. The van der Waals surface area contributed by atoms with Gasteiger partial charge < -0.3 is 15.2 Å². The Kier molecular flexibility index (Phi) is 9.06. The van der Waals surface area contributed by atoms with Gasteiger partial charge in [-0.25, -0.2) is 0 Å². The molecule has 0 aliphatic rings. The van der Waals surface area contributed by atoms with Crippen molar-refractivity contribution in [2.45, 2.75) is 52.7 Å². The lowest BCUT2D eigenvalue weighted by molar-refractivity contribution is -0.00440. The van der Waals surface area contributed by atoms with Gasteiger partial charge in [-0.15, -0.1) is 0 Å². The van der Waals surface area contributed by atoms with Crippen molar-refractivity contribution in [1.29, 1.82) is 0 Å². The Hall–Kier alpha value is -0.120. The first kappa shape index (κ1) is 14.9. The van der Waals surface area contributed by atoms with Gasteiger partial charge in [-0.05, 0) is 25.8 Å². The molecule has 2 unspecified atom stereocenters. The maximum Gasteiger partial charge on any atom is 0.0897 e. The Morgan fingerprint density at radius 1 is 1.20 bits per heavy atom. The van der Waals surface area contributed by atoms with Gasteiger partial charge in [0.25, 0.3) is 0 Å². The molecule has 3 nitrogen and oxygen atoms in total. The second-order valence-electron chi connectivity index (χ2n) is 4.64. The summed E-state index contributed by atoms with van der Waals surface area (Å²) in [4.78, 5) is 0. The predicted molar refractivity (Wildman–Crippen MR) is 64.0 cm³/mol. The first-order valence-corrected chi connectivity index (χ1v) is 6.06. The summed E-state index contributed by atoms with van der Waals surface area (Å²) in [6, 6.07) is 0. The van der Waals surface area contributed by atoms with Crippen LogP contribution in [-0.2, 0) is 4.74 Å². The number of aliphatic hydroxyl groups is 1. The highest BCUT2D eigenvalue weighted by Gasteiger charge is 2.07. The number of hydrogen-bond donors (Lipinski definition) is 2. The number of hydrogen-bond acceptors (Lipinski definition) is 3. The Labute approximate surface area is 94.2 Å². The standard InChI is InChI=1S/C12H27NO2/c1-5-6-11(4)15-9-12(14)8-13-7-10(2)3/h10-14H,5-9H2,1-4H3. The van der Waals surface area contributed by atoms with Crippen LogP contribution in [0.15, 0.2) is 0 Å². The molecule has 0 aromatic carbocycles. The van der Waals surface area contributed by atoms with E-state index in [1.807, 2.05) is 0 Å². The smallest absolute Gasteiger partial charge is 0.0897 e. The molecule has 3 heteroatoms. The summed E-state index contributed by atoms with van der Waals surface area (Å²) in [5, 5.41) is 12.8. The lowest BCUT2D eigenvalue weighted by Gasteiger charge is -2.16. The van der Waals surface area contributed by atoms with Crippen molar-refractivity contribution >= 4 is 0 Å². The molecule has 0 aliphatic heterocycles. The van der Waals surface area contributed by atoms with E-state index in [0.29, 0.717) is 19.1 Å². The first-order valence-electron chi connectivity index (χ1n) is 6.06. The SMILES string of the molecule is CCCC(C)OCC(O)CNCC(C)C. The molecule has 0 saturated heterocycles. The molecule has 2 atom stereocenters. The van der Waals surface area contributed by atoms with E-state index in [0.717, 1.165) is 19.4 Å². The zero-order valence-corrected chi connectivity index (χ0v) is 10.6. The minimum Gasteiger partial charge on any atom is -0.389 e. The highest BCUT2D eigenvalue weighted by Crippen LogP contribution is 2.01. The van der Waals surface area contributed by atoms with Crippen LogP contribution in [0.4, 0.5) is 0 Å². The van der Waals surface area contributed by atoms with E-state index in [4.69, 9.17) is 4.74 Å². The van der Waals surface area contributed by atoms with E-state index in [1.54, 1.807) is 0 Å². The normalized spacial score (nSPS) is 15.6. The van der Waals surface area contributed by atoms with Crippen LogP contribution in [0.5, 0.6) is 0 Å². The topological polar surface area (TPSA) is 41.5 Å². The van der Waals surface area contributed by atoms with Gasteiger partial charge >= 0.3 is 0 Å². The van der Waals surface area contributed by atoms with Gasteiger partial charge in [-0.2, -0.15) is 0 Å². The van der Waals surface area contributed by atoms with E-state index in [-0.39, 0.29) is 12.2 Å². The van der Waals surface area contributed by atoms with Gasteiger partial charge in [-0.3, -0.25) is 0 Å². The number of rotatable bonds is 9. The highest BCUT2D eigenvalue weighted by molar-refractivity contribution is 4.61. The molecule has 0 radical (unpaired) electrons. The van der Waals surface area contributed by atoms with Crippen LogP contribution < -0.4 is 5.32 Å². The van der Waals surface area contributed by atoms with E-state index in [2.05, 4.69) is 33.0 Å². The van der Waals surface area contributed by atoms with E-state index in [9.17, 15) is 5.11 Å². The van der Waals surface area contributed by atoms with Crippen molar-refractivity contribution in [3.8, 4) is 0 Å². The van der Waals surface area contributed by atoms with Crippen LogP contribution in [0.25, 0.3) is 0 Å². The Balaban J connectivity index is 3.36. The molecule has 0 bridgehead atoms. The van der Waals surface area contributed by atoms with Crippen molar-refractivity contribution in [3.05, 3.63) is 0 Å². The van der Waals surface area contributed by atoms with Gasteiger partial charge in [0.15, 0.2) is 0 Å². The van der Waals surface area contributed by atoms with Gasteiger partial charge in [0, 0.05) is 6.54 Å². The summed E-state index contributed by atoms with van der Waals surface area (Å²) in [6.07, 6.45) is 2.06. The number of aliphatic hydroxyl groups excluding tert-OH is 1. The zero-order chi connectivity index (χ0) is 11.7. The van der Waals surface area contributed by atoms with E-state index in [1.165, 1.54) is 0 Å². The third-order valence-corrected chi connectivity index (χ3v) is 2.20. The van der Waals surface area contributed by atoms with Gasteiger partial charge in [0.05, 0.1) is 18.8 Å². The largest absolute Gasteiger partial charge is 0.389 e. The fraction of sp³-hybridized carbons (Fsp3) is 1.00. The van der Waals surface area contributed by atoms with Crippen LogP contribution in [0.1, 0.15) is 40.5 Å². The minimum atomic E-state index is -0.386. The second kappa shape index (κ2) is 9.13. The maximum absolute atomic E-state index is 9.59. The van der Waals surface area contributed by atoms with Crippen molar-refractivity contribution in [2.24, 2.45) is 5.92 Å². The monoisotopic (exact) mass is 217 g/mol. The second-order valence-corrected chi connectivity index (χ2v) is 4.64. The molecule has 0 heterocycles. The average Bonchev–Trinajstić information content (AvgIpc) is 2.14. The lowest BCUT2D eigenvalue weighted by Crippen LogP contribution is -2.33. The van der Waals surface area contributed by atoms with E-state index >= 15 is 0 Å². The molecular formula is C12H27NO2. The highest BCUT2D eigenvalue weighted by atomic mass is 16.5. The zero-order valence-electron chi connectivity index (χ0n) is 10.6. The molecule has 0 aliphatic carbocycles. The molecular weight excluding hydrogens is 190 g/mol. The molecule has 0 spiro atoms. The summed E-state index contributed by atoms with van der Waals surface area (Å²) >= 11 is 0. The molecule has 0 aromatic heterocycles. The van der Waals surface area contributed by atoms with Crippen LogP contribution in [-0.4, -0.2) is 37.0 Å². The average molecular weight is 217 g/mol. The summed E-state index contributed by atoms with van der Waals surface area (Å²) in [5.74, 6) is 0.622. The quantitative estimate of drug-likeness (QED) is 0.619. The molecule has 0 aromatic rings. The summed E-state index contributed by atoms with van der Waals surface area (Å²) in [7, 11) is 0. The van der Waals surface area contributed by atoms with E-state index < -0.39 is 0 Å². The van der Waals surface area contributed by atoms with Crippen LogP contribution in [0, 0.1) is 5.92 Å². The Bertz CT molecular complexity index is 140. The van der Waals surface area contributed by atoms with Crippen LogP contribution in [0.2, 0.25) is 0 Å². The van der Waals surface area contributed by atoms with Crippen molar-refractivity contribution in [3.63, 3.8) is 0 Å². The molecule has 0 saturated carbocycles. The number of ether oxygens (including phenoxy) is 1. The first-order chi connectivity index (χ1) is 7.06. The fourth-order valence-corrected chi connectivity index (χ4v) is 1.36. The van der Waals surface area contributed by atoms with Crippen molar-refractivity contribution in [2.75, 3.05) is 19.7 Å². The molecule has 2 N–H and O–H groups in total. The van der Waals surface area contributed by atoms with Crippen LogP contribution >= 0.6 is 0 Å². The molecule has 0 fully saturated rings. The minimum absolute atomic E-state index is 0.259. The summed E-state index contributed by atoms with van der Waals surface area (Å²) in [6.45, 7) is 10.5. The maximum atomic E-state index is 9.59. The molecule has 15 heavy (non-hydrogen) atoms. The summed E-state index contributed by atoms with van der Waals surface area (Å²) in [5.41, 5.74) is 0. The van der Waals surface area contributed by atoms with Crippen molar-refractivity contribution in [1.82, 2.24) is 5.32 Å². The van der Waals surface area contributed by atoms with Gasteiger partial charge in [0.2, 0.25) is 0 Å². The number of nitrogens with one attached hydrogen (secondary N) is 1. The van der Waals surface area contributed by atoms with Gasteiger partial charge in [-0.1, -0.05) is 27.2 Å². The van der Waals surface area contributed by atoms with Crippen LogP contribution in [0.3, 0.4) is 0 Å². The summed E-state index contributed by atoms with van der Waals surface area (Å²) < 4.78 is 5.51. The molecule has 92 valence electrons. The molecule has 0 amide bonds. The third kappa shape index (κ3) is 10.2. The lowest BCUT2D eigenvalue weighted by atomic mass is 10.2.